The van der Waals surface area contributed by atoms with E-state index >= 15 is 0 Å². The summed E-state index contributed by atoms with van der Waals surface area (Å²) in [6.07, 6.45) is 1.73. The van der Waals surface area contributed by atoms with Crippen molar-refractivity contribution in [2.75, 3.05) is 38.5 Å². The predicted octanol–water partition coefficient (Wildman–Crippen LogP) is 3.89. The minimum Gasteiger partial charge on any atom is -0.493 e. The second kappa shape index (κ2) is 9.71. The van der Waals surface area contributed by atoms with Crippen molar-refractivity contribution in [2.24, 2.45) is 0 Å². The number of hydrogen-bond acceptors (Lipinski definition) is 5. The van der Waals surface area contributed by atoms with Crippen LogP contribution in [0.15, 0.2) is 30.3 Å². The van der Waals surface area contributed by atoms with Crippen molar-refractivity contribution in [3.05, 3.63) is 41.5 Å². The van der Waals surface area contributed by atoms with Crippen molar-refractivity contribution in [1.29, 1.82) is 0 Å². The molecule has 2 aromatic carbocycles. The number of ether oxygens (including phenoxy) is 3. The van der Waals surface area contributed by atoms with E-state index in [9.17, 15) is 4.79 Å². The van der Waals surface area contributed by atoms with Crippen LogP contribution in [0.3, 0.4) is 0 Å². The van der Waals surface area contributed by atoms with Crippen LogP contribution >= 0.6 is 0 Å². The molecule has 2 aromatic rings. The van der Waals surface area contributed by atoms with Gasteiger partial charge in [-0.2, -0.15) is 0 Å². The predicted molar refractivity (Wildman–Crippen MR) is 108 cm³/mol. The number of para-hydroxylation sites is 1. The molecule has 0 fully saturated rings. The van der Waals surface area contributed by atoms with Gasteiger partial charge in [0.1, 0.15) is 0 Å². The van der Waals surface area contributed by atoms with Crippen LogP contribution in [0.1, 0.15) is 25.0 Å². The molecule has 2 N–H and O–H groups in total. The fourth-order valence-corrected chi connectivity index (χ4v) is 2.95. The molecule has 0 radical (unpaired) electrons. The van der Waals surface area contributed by atoms with E-state index in [0.29, 0.717) is 22.9 Å². The Morgan fingerprint density at radius 2 is 1.48 bits per heavy atom. The smallest absolute Gasteiger partial charge is 0.243 e. The molecule has 0 saturated carbocycles. The Kier molecular flexibility index (Phi) is 7.34. The molecule has 0 heterocycles. The van der Waals surface area contributed by atoms with E-state index in [4.69, 9.17) is 14.2 Å². The number of carbonyl (C=O) groups is 1. The average molecular weight is 372 g/mol. The molecular weight excluding hydrogens is 344 g/mol. The Morgan fingerprint density at radius 1 is 0.926 bits per heavy atom. The van der Waals surface area contributed by atoms with E-state index in [-0.39, 0.29) is 12.5 Å². The lowest BCUT2D eigenvalue weighted by molar-refractivity contribution is -0.114. The summed E-state index contributed by atoms with van der Waals surface area (Å²) in [6, 6.07) is 9.66. The molecule has 0 spiro atoms. The highest BCUT2D eigenvalue weighted by molar-refractivity contribution is 5.95. The van der Waals surface area contributed by atoms with Crippen LogP contribution in [0.2, 0.25) is 0 Å². The number of carbonyl (C=O) groups excluding carboxylic acids is 1. The van der Waals surface area contributed by atoms with Gasteiger partial charge in [-0.15, -0.1) is 0 Å². The number of aryl methyl sites for hydroxylation is 2. The van der Waals surface area contributed by atoms with E-state index in [1.54, 1.807) is 33.5 Å². The van der Waals surface area contributed by atoms with E-state index in [1.807, 2.05) is 18.2 Å². The van der Waals surface area contributed by atoms with Crippen molar-refractivity contribution in [2.45, 2.75) is 26.7 Å². The molecule has 0 aliphatic heterocycles. The highest BCUT2D eigenvalue weighted by Crippen LogP contribution is 2.39. The number of hydrogen-bond donors (Lipinski definition) is 2. The fourth-order valence-electron chi connectivity index (χ4n) is 2.95. The van der Waals surface area contributed by atoms with Crippen molar-refractivity contribution in [3.63, 3.8) is 0 Å². The quantitative estimate of drug-likeness (QED) is 0.699. The first-order valence-corrected chi connectivity index (χ1v) is 9.02. The average Bonchev–Trinajstić information content (AvgIpc) is 2.71. The molecule has 2 rings (SSSR count). The molecule has 27 heavy (non-hydrogen) atoms. The number of amides is 1. The van der Waals surface area contributed by atoms with Gasteiger partial charge in [0.15, 0.2) is 11.5 Å². The zero-order chi connectivity index (χ0) is 19.8. The van der Waals surface area contributed by atoms with Gasteiger partial charge in [-0.1, -0.05) is 32.0 Å². The van der Waals surface area contributed by atoms with E-state index in [1.165, 1.54) is 0 Å². The van der Waals surface area contributed by atoms with Crippen LogP contribution in [0.4, 0.5) is 11.4 Å². The first-order valence-electron chi connectivity index (χ1n) is 9.02. The number of benzene rings is 2. The Balaban J connectivity index is 2.13. The number of nitrogens with one attached hydrogen (secondary N) is 2. The van der Waals surface area contributed by atoms with E-state index in [2.05, 4.69) is 24.5 Å². The zero-order valence-electron chi connectivity index (χ0n) is 16.6. The van der Waals surface area contributed by atoms with Crippen molar-refractivity contribution in [3.8, 4) is 17.2 Å². The summed E-state index contributed by atoms with van der Waals surface area (Å²) in [5.74, 6) is 1.47. The maximum atomic E-state index is 12.5. The molecule has 0 aliphatic carbocycles. The molecule has 6 nitrogen and oxygen atoms in total. The lowest BCUT2D eigenvalue weighted by atomic mass is 10.0. The minimum atomic E-state index is -0.112. The van der Waals surface area contributed by atoms with Gasteiger partial charge in [0.25, 0.3) is 0 Å². The molecule has 0 aliphatic rings. The fraction of sp³-hybridized carbons (Fsp3) is 0.381. The van der Waals surface area contributed by atoms with Crippen LogP contribution in [-0.4, -0.2) is 33.8 Å². The highest BCUT2D eigenvalue weighted by Gasteiger charge is 2.14. The molecule has 0 atom stereocenters. The summed E-state index contributed by atoms with van der Waals surface area (Å²) in [7, 11) is 4.67. The van der Waals surface area contributed by atoms with Gasteiger partial charge < -0.3 is 24.8 Å². The van der Waals surface area contributed by atoms with Crippen LogP contribution < -0.4 is 24.8 Å². The second-order valence-corrected chi connectivity index (χ2v) is 5.97. The third-order valence-electron chi connectivity index (χ3n) is 4.38. The van der Waals surface area contributed by atoms with Gasteiger partial charge in [-0.25, -0.2) is 0 Å². The molecular formula is C21H28N2O4. The number of anilines is 2. The van der Waals surface area contributed by atoms with Crippen molar-refractivity contribution < 1.29 is 19.0 Å². The first kappa shape index (κ1) is 20.4. The van der Waals surface area contributed by atoms with Gasteiger partial charge in [0, 0.05) is 23.5 Å². The maximum Gasteiger partial charge on any atom is 0.243 e. The normalized spacial score (nSPS) is 10.3. The standard InChI is InChI=1S/C21H28N2O4/c1-6-14-9-8-10-15(7-2)20(14)23-19(24)13-22-16-11-17(25-3)21(27-5)18(12-16)26-4/h8-12,22H,6-7,13H2,1-5H3,(H,23,24). The molecule has 6 heteroatoms. The van der Waals surface area contributed by atoms with Crippen molar-refractivity contribution >= 4 is 17.3 Å². The topological polar surface area (TPSA) is 68.8 Å². The van der Waals surface area contributed by atoms with Crippen LogP contribution in [-0.2, 0) is 17.6 Å². The van der Waals surface area contributed by atoms with Gasteiger partial charge in [0.05, 0.1) is 27.9 Å². The summed E-state index contributed by atoms with van der Waals surface area (Å²) < 4.78 is 16.0. The highest BCUT2D eigenvalue weighted by atomic mass is 16.5. The lowest BCUT2D eigenvalue weighted by Gasteiger charge is -2.16. The second-order valence-electron chi connectivity index (χ2n) is 5.97. The van der Waals surface area contributed by atoms with Crippen molar-refractivity contribution in [1.82, 2.24) is 0 Å². The minimum absolute atomic E-state index is 0.112. The summed E-state index contributed by atoms with van der Waals surface area (Å²) in [5.41, 5.74) is 3.89. The first-order chi connectivity index (χ1) is 13.1. The number of rotatable bonds is 9. The largest absolute Gasteiger partial charge is 0.493 e. The van der Waals surface area contributed by atoms with Crippen LogP contribution in [0.5, 0.6) is 17.2 Å². The molecule has 0 aromatic heterocycles. The van der Waals surface area contributed by atoms with Gasteiger partial charge in [0.2, 0.25) is 11.7 Å². The molecule has 0 saturated heterocycles. The molecule has 146 valence electrons. The Labute approximate surface area is 160 Å². The third kappa shape index (κ3) is 4.84. The van der Waals surface area contributed by atoms with Gasteiger partial charge in [-0.3, -0.25) is 4.79 Å². The van der Waals surface area contributed by atoms with Gasteiger partial charge >= 0.3 is 0 Å². The Hall–Kier alpha value is -2.89. The van der Waals surface area contributed by atoms with E-state index < -0.39 is 0 Å². The van der Waals surface area contributed by atoms with Gasteiger partial charge in [-0.05, 0) is 24.0 Å². The Morgan fingerprint density at radius 3 is 1.93 bits per heavy atom. The summed E-state index contributed by atoms with van der Waals surface area (Å²) in [4.78, 5) is 12.5. The monoisotopic (exact) mass is 372 g/mol. The maximum absolute atomic E-state index is 12.5. The summed E-state index contributed by atoms with van der Waals surface area (Å²) in [5, 5.41) is 6.16. The van der Waals surface area contributed by atoms with Crippen LogP contribution in [0, 0.1) is 0 Å². The molecule has 0 unspecified atom stereocenters. The molecule has 0 bridgehead atoms. The van der Waals surface area contributed by atoms with Crippen LogP contribution in [0.25, 0.3) is 0 Å². The lowest BCUT2D eigenvalue weighted by Crippen LogP contribution is -2.23. The third-order valence-corrected chi connectivity index (χ3v) is 4.38. The number of methoxy groups -OCH3 is 3. The van der Waals surface area contributed by atoms with E-state index in [0.717, 1.165) is 29.7 Å². The summed E-state index contributed by atoms with van der Waals surface area (Å²) >= 11 is 0. The SMILES string of the molecule is CCc1cccc(CC)c1NC(=O)CNc1cc(OC)c(OC)c(OC)c1. The zero-order valence-corrected chi connectivity index (χ0v) is 16.6. The summed E-state index contributed by atoms with van der Waals surface area (Å²) in [6.45, 7) is 4.29. The Bertz CT molecular complexity index is 742. The molecule has 1 amide bonds.